The maximum atomic E-state index is 4.60. The van der Waals surface area contributed by atoms with Gasteiger partial charge in [0.2, 0.25) is 0 Å². The van der Waals surface area contributed by atoms with Crippen molar-refractivity contribution in [3.05, 3.63) is 15.9 Å². The molecule has 108 valence electrons. The summed E-state index contributed by atoms with van der Waals surface area (Å²) in [7, 11) is 4.13. The third-order valence-corrected chi connectivity index (χ3v) is 6.79. The van der Waals surface area contributed by atoms with Gasteiger partial charge in [-0.2, -0.15) is 16.9 Å². The summed E-state index contributed by atoms with van der Waals surface area (Å²) in [5, 5.41) is 8.13. The first-order chi connectivity index (χ1) is 9.01. The van der Waals surface area contributed by atoms with E-state index in [1.54, 1.807) is 0 Å². The van der Waals surface area contributed by atoms with Gasteiger partial charge in [-0.1, -0.05) is 6.92 Å². The molecule has 2 atom stereocenters. The first kappa shape index (κ1) is 15.4. The normalized spacial score (nSPS) is 24.9. The van der Waals surface area contributed by atoms with E-state index in [4.69, 9.17) is 0 Å². The van der Waals surface area contributed by atoms with Crippen LogP contribution in [0.25, 0.3) is 0 Å². The highest BCUT2D eigenvalue weighted by molar-refractivity contribution is 9.10. The molecule has 19 heavy (non-hydrogen) atoms. The van der Waals surface area contributed by atoms with Gasteiger partial charge in [-0.15, -0.1) is 0 Å². The van der Waals surface area contributed by atoms with Crippen LogP contribution in [0.1, 0.15) is 38.1 Å². The van der Waals surface area contributed by atoms with Crippen molar-refractivity contribution in [1.82, 2.24) is 15.1 Å². The molecule has 1 N–H and O–H groups in total. The molecule has 1 aliphatic heterocycles. The summed E-state index contributed by atoms with van der Waals surface area (Å²) in [5.41, 5.74) is 2.47. The van der Waals surface area contributed by atoms with Crippen molar-refractivity contribution < 1.29 is 0 Å². The molecule has 2 heterocycles. The van der Waals surface area contributed by atoms with Crippen LogP contribution in [0, 0.1) is 0 Å². The number of nitrogens with zero attached hydrogens (tertiary/aromatic N) is 2. The number of thioether (sulfide) groups is 1. The van der Waals surface area contributed by atoms with E-state index >= 15 is 0 Å². The summed E-state index contributed by atoms with van der Waals surface area (Å²) >= 11 is 5.84. The number of hydrogen-bond donors (Lipinski definition) is 1. The van der Waals surface area contributed by atoms with Gasteiger partial charge in [-0.05, 0) is 54.9 Å². The van der Waals surface area contributed by atoms with Crippen LogP contribution in [-0.4, -0.2) is 33.4 Å². The van der Waals surface area contributed by atoms with E-state index in [0.29, 0.717) is 10.8 Å². The summed E-state index contributed by atoms with van der Waals surface area (Å²) in [6, 6.07) is 0.497. The molecule has 2 unspecified atom stereocenters. The third-order valence-electron chi connectivity index (χ3n) is 4.24. The van der Waals surface area contributed by atoms with Gasteiger partial charge in [0, 0.05) is 24.3 Å². The zero-order valence-corrected chi connectivity index (χ0v) is 14.7. The molecule has 1 aromatic heterocycles. The zero-order valence-electron chi connectivity index (χ0n) is 12.3. The molecular weight excluding hydrogens is 322 g/mol. The lowest BCUT2D eigenvalue weighted by atomic mass is 9.92. The molecule has 0 bridgehead atoms. The Bertz CT molecular complexity index is 438. The second-order valence-corrected chi connectivity index (χ2v) is 7.92. The number of aryl methyl sites for hydroxylation is 2. The number of aromatic nitrogens is 2. The van der Waals surface area contributed by atoms with Crippen LogP contribution >= 0.6 is 27.7 Å². The first-order valence-electron chi connectivity index (χ1n) is 7.03. The van der Waals surface area contributed by atoms with Crippen molar-refractivity contribution in [1.29, 1.82) is 0 Å². The van der Waals surface area contributed by atoms with Crippen molar-refractivity contribution in [2.24, 2.45) is 7.05 Å². The van der Waals surface area contributed by atoms with E-state index in [2.05, 4.69) is 66.1 Å². The van der Waals surface area contributed by atoms with E-state index in [1.165, 1.54) is 28.8 Å². The molecule has 1 saturated heterocycles. The van der Waals surface area contributed by atoms with Gasteiger partial charge in [0.05, 0.1) is 15.9 Å². The van der Waals surface area contributed by atoms with Crippen LogP contribution in [0.2, 0.25) is 0 Å². The number of likely N-dealkylation sites (N-methyl/N-ethyl adjacent to an activating group) is 1. The summed E-state index contributed by atoms with van der Waals surface area (Å²) < 4.78 is 3.59. The molecule has 0 amide bonds. The Hall–Kier alpha value is -0.000000000000000111. The average Bonchev–Trinajstić information content (AvgIpc) is 2.93. The quantitative estimate of drug-likeness (QED) is 0.888. The smallest absolute Gasteiger partial charge is 0.0766 e. The van der Waals surface area contributed by atoms with Gasteiger partial charge in [0.1, 0.15) is 0 Å². The molecule has 1 aliphatic rings. The SMILES string of the molecule is CCc1nn(C)c(CC(NC)C2(C)CCCS2)c1Br. The van der Waals surface area contributed by atoms with E-state index in [9.17, 15) is 0 Å². The van der Waals surface area contributed by atoms with Crippen LogP contribution in [0.5, 0.6) is 0 Å². The van der Waals surface area contributed by atoms with E-state index in [-0.39, 0.29) is 0 Å². The number of nitrogens with one attached hydrogen (secondary N) is 1. The summed E-state index contributed by atoms with van der Waals surface area (Å²) in [4.78, 5) is 0. The van der Waals surface area contributed by atoms with E-state index < -0.39 is 0 Å². The molecule has 0 saturated carbocycles. The van der Waals surface area contributed by atoms with Gasteiger partial charge in [0.25, 0.3) is 0 Å². The molecule has 5 heteroatoms. The predicted molar refractivity (Wildman–Crippen MR) is 86.9 cm³/mol. The summed E-state index contributed by atoms with van der Waals surface area (Å²) in [6.07, 6.45) is 4.65. The van der Waals surface area contributed by atoms with E-state index in [0.717, 1.165) is 18.5 Å². The third kappa shape index (κ3) is 3.03. The van der Waals surface area contributed by atoms with Crippen molar-refractivity contribution in [2.75, 3.05) is 12.8 Å². The Labute approximate surface area is 129 Å². The Kier molecular flexibility index (Phi) is 5.01. The standard InChI is InChI=1S/C14H24BrN3S/c1-5-10-13(15)11(18(4)17-10)9-12(16-3)14(2)7-6-8-19-14/h12,16H,5-9H2,1-4H3. The van der Waals surface area contributed by atoms with Crippen molar-refractivity contribution in [3.8, 4) is 0 Å². The van der Waals surface area contributed by atoms with Crippen molar-refractivity contribution in [3.63, 3.8) is 0 Å². The first-order valence-corrected chi connectivity index (χ1v) is 8.81. The minimum absolute atomic E-state index is 0.352. The van der Waals surface area contributed by atoms with Crippen molar-refractivity contribution >= 4 is 27.7 Å². The summed E-state index contributed by atoms with van der Waals surface area (Å²) in [5.74, 6) is 1.29. The predicted octanol–water partition coefficient (Wildman–Crippen LogP) is 3.16. The maximum absolute atomic E-state index is 4.60. The average molecular weight is 346 g/mol. The van der Waals surface area contributed by atoms with Crippen LogP contribution < -0.4 is 5.32 Å². The van der Waals surface area contributed by atoms with Crippen LogP contribution in [0.4, 0.5) is 0 Å². The van der Waals surface area contributed by atoms with E-state index in [1.807, 2.05) is 4.68 Å². The van der Waals surface area contributed by atoms with Crippen molar-refractivity contribution in [2.45, 2.75) is 50.3 Å². The Morgan fingerprint density at radius 1 is 1.58 bits per heavy atom. The maximum Gasteiger partial charge on any atom is 0.0766 e. The fourth-order valence-corrected chi connectivity index (χ4v) is 5.16. The molecule has 0 aliphatic carbocycles. The molecule has 1 aromatic rings. The van der Waals surface area contributed by atoms with Crippen LogP contribution in [0.3, 0.4) is 0 Å². The highest BCUT2D eigenvalue weighted by Crippen LogP contribution is 2.41. The second kappa shape index (κ2) is 6.19. The molecular formula is C14H24BrN3S. The lowest BCUT2D eigenvalue weighted by Gasteiger charge is -2.33. The molecule has 1 fully saturated rings. The van der Waals surface area contributed by atoms with Gasteiger partial charge in [0.15, 0.2) is 0 Å². The topological polar surface area (TPSA) is 29.9 Å². The molecule has 2 rings (SSSR count). The zero-order chi connectivity index (χ0) is 14.0. The van der Waals surface area contributed by atoms with Gasteiger partial charge < -0.3 is 5.32 Å². The highest BCUT2D eigenvalue weighted by atomic mass is 79.9. The minimum atomic E-state index is 0.352. The Morgan fingerprint density at radius 3 is 2.79 bits per heavy atom. The molecule has 0 aromatic carbocycles. The number of hydrogen-bond acceptors (Lipinski definition) is 3. The Balaban J connectivity index is 2.21. The highest BCUT2D eigenvalue weighted by Gasteiger charge is 2.37. The number of halogens is 1. The molecule has 0 radical (unpaired) electrons. The lowest BCUT2D eigenvalue weighted by molar-refractivity contribution is 0.415. The fourth-order valence-electron chi connectivity index (χ4n) is 2.93. The number of rotatable bonds is 5. The molecule has 0 spiro atoms. The molecule has 3 nitrogen and oxygen atoms in total. The monoisotopic (exact) mass is 345 g/mol. The van der Waals surface area contributed by atoms with Gasteiger partial charge in [-0.25, -0.2) is 0 Å². The minimum Gasteiger partial charge on any atom is -0.315 e. The fraction of sp³-hybridized carbons (Fsp3) is 0.786. The Morgan fingerprint density at radius 2 is 2.32 bits per heavy atom. The van der Waals surface area contributed by atoms with Crippen LogP contribution in [-0.2, 0) is 19.9 Å². The summed E-state index contributed by atoms with van der Waals surface area (Å²) in [6.45, 7) is 4.55. The largest absolute Gasteiger partial charge is 0.315 e. The van der Waals surface area contributed by atoms with Gasteiger partial charge in [-0.3, -0.25) is 4.68 Å². The van der Waals surface area contributed by atoms with Gasteiger partial charge >= 0.3 is 0 Å². The lowest BCUT2D eigenvalue weighted by Crippen LogP contribution is -2.45. The van der Waals surface area contributed by atoms with Crippen LogP contribution in [0.15, 0.2) is 4.47 Å². The second-order valence-electron chi connectivity index (χ2n) is 5.49.